The number of carbonyl (C=O) groups excluding carboxylic acids is 1. The molecule has 4 aromatic heterocycles. The SMILES string of the molecule is COc1ncncc1-c1nc(N(Cc2ccc(-c3nc(C(F)(F)F)cn3C(C)C)cc2)C(=O)OC(C)(C)C)c2nccn2n1. The minimum atomic E-state index is -4.58. The van der Waals surface area contributed by atoms with Crippen LogP contribution in [0.2, 0.25) is 0 Å². The predicted octanol–water partition coefficient (Wildman–Crippen LogP) is 5.99. The zero-order valence-corrected chi connectivity index (χ0v) is 24.9. The van der Waals surface area contributed by atoms with Gasteiger partial charge < -0.3 is 14.0 Å². The maximum atomic E-state index is 13.6. The van der Waals surface area contributed by atoms with Crippen LogP contribution in [-0.2, 0) is 17.5 Å². The summed E-state index contributed by atoms with van der Waals surface area (Å²) in [5.74, 6) is 0.738. The highest BCUT2D eigenvalue weighted by Crippen LogP contribution is 2.33. The van der Waals surface area contributed by atoms with Crippen LogP contribution < -0.4 is 9.64 Å². The van der Waals surface area contributed by atoms with Crippen LogP contribution in [0, 0.1) is 0 Å². The van der Waals surface area contributed by atoms with Crippen LogP contribution in [0.1, 0.15) is 51.9 Å². The van der Waals surface area contributed by atoms with Gasteiger partial charge in [-0.1, -0.05) is 24.3 Å². The van der Waals surface area contributed by atoms with Gasteiger partial charge in [-0.05, 0) is 40.2 Å². The molecule has 0 radical (unpaired) electrons. The summed E-state index contributed by atoms with van der Waals surface area (Å²) in [6, 6.07) is 6.48. The molecule has 0 aliphatic heterocycles. The number of rotatable bonds is 7. The van der Waals surface area contributed by atoms with Gasteiger partial charge in [0.15, 0.2) is 23.0 Å². The molecule has 0 spiro atoms. The second kappa shape index (κ2) is 11.5. The van der Waals surface area contributed by atoms with Crippen molar-refractivity contribution in [2.45, 2.75) is 59.0 Å². The Bertz CT molecular complexity index is 1790. The van der Waals surface area contributed by atoms with Gasteiger partial charge >= 0.3 is 12.3 Å². The van der Waals surface area contributed by atoms with Crippen molar-refractivity contribution in [3.05, 3.63) is 66.6 Å². The summed E-state index contributed by atoms with van der Waals surface area (Å²) in [6.07, 6.45) is 1.68. The molecule has 0 unspecified atom stereocenters. The second-order valence-electron chi connectivity index (χ2n) is 11.1. The van der Waals surface area contributed by atoms with Crippen LogP contribution in [0.15, 0.2) is 55.4 Å². The first kappa shape index (κ1) is 30.4. The Labute approximate surface area is 250 Å². The Morgan fingerprint density at radius 2 is 1.80 bits per heavy atom. The first-order valence-corrected chi connectivity index (χ1v) is 13.6. The summed E-state index contributed by atoms with van der Waals surface area (Å²) in [4.78, 5) is 36.0. The lowest BCUT2D eigenvalue weighted by Crippen LogP contribution is -2.37. The average molecular weight is 610 g/mol. The first-order chi connectivity index (χ1) is 20.7. The van der Waals surface area contributed by atoms with E-state index in [2.05, 4.69) is 30.0 Å². The van der Waals surface area contributed by atoms with Gasteiger partial charge in [-0.2, -0.15) is 13.2 Å². The number of hydrogen-bond donors (Lipinski definition) is 0. The Kier molecular flexibility index (Phi) is 7.97. The van der Waals surface area contributed by atoms with E-state index in [1.54, 1.807) is 65.1 Å². The minimum absolute atomic E-state index is 0.0109. The number of fused-ring (bicyclic) bond motifs is 1. The quantitative estimate of drug-likeness (QED) is 0.219. The summed E-state index contributed by atoms with van der Waals surface area (Å²) in [5, 5.41) is 4.50. The average Bonchev–Trinajstić information content (AvgIpc) is 3.63. The Morgan fingerprint density at radius 1 is 1.07 bits per heavy atom. The number of imidazole rings is 2. The summed E-state index contributed by atoms with van der Waals surface area (Å²) in [5.41, 5.74) is -0.00168. The molecular formula is C29H30F3N9O3. The van der Waals surface area contributed by atoms with E-state index in [-0.39, 0.29) is 41.6 Å². The highest BCUT2D eigenvalue weighted by molar-refractivity contribution is 5.91. The Hall–Kier alpha value is -5.08. The van der Waals surface area contributed by atoms with E-state index >= 15 is 0 Å². The second-order valence-corrected chi connectivity index (χ2v) is 11.1. The van der Waals surface area contributed by atoms with Gasteiger partial charge in [0.1, 0.15) is 23.3 Å². The van der Waals surface area contributed by atoms with Crippen molar-refractivity contribution in [1.29, 1.82) is 0 Å². The summed E-state index contributed by atoms with van der Waals surface area (Å²) in [7, 11) is 1.46. The van der Waals surface area contributed by atoms with Crippen molar-refractivity contribution < 1.29 is 27.4 Å². The molecule has 0 atom stereocenters. The lowest BCUT2D eigenvalue weighted by atomic mass is 10.1. The van der Waals surface area contributed by atoms with Crippen LogP contribution >= 0.6 is 0 Å². The molecule has 1 aromatic carbocycles. The number of carbonyl (C=O) groups is 1. The molecule has 0 fully saturated rings. The van der Waals surface area contributed by atoms with Crippen LogP contribution in [0.25, 0.3) is 28.4 Å². The summed E-state index contributed by atoms with van der Waals surface area (Å²) in [6.45, 7) is 8.78. The molecule has 0 aliphatic carbocycles. The molecule has 12 nitrogen and oxygen atoms in total. The Morgan fingerprint density at radius 3 is 2.43 bits per heavy atom. The van der Waals surface area contributed by atoms with E-state index in [1.165, 1.54) is 39.8 Å². The standard InChI is InChI=1S/C29H30F3N9O3/c1-17(2)39-15-21(29(30,31)32)36-23(39)19-9-7-18(8-10-19)14-40(27(42)44-28(3,4)5)25-24-34-11-12-41(24)38-22(37-25)20-13-33-16-35-26(20)43-6/h7-13,15-17H,14H2,1-6H3. The lowest BCUT2D eigenvalue weighted by Gasteiger charge is -2.27. The summed E-state index contributed by atoms with van der Waals surface area (Å²) >= 11 is 0. The number of anilines is 1. The maximum absolute atomic E-state index is 13.6. The molecule has 0 saturated heterocycles. The molecule has 0 N–H and O–H groups in total. The Balaban J connectivity index is 1.57. The lowest BCUT2D eigenvalue weighted by molar-refractivity contribution is -0.140. The molecule has 15 heteroatoms. The number of alkyl halides is 3. The van der Waals surface area contributed by atoms with Gasteiger partial charge in [-0.15, -0.1) is 5.10 Å². The van der Waals surface area contributed by atoms with Crippen LogP contribution in [-0.4, -0.2) is 57.9 Å². The third kappa shape index (κ3) is 6.31. The smallest absolute Gasteiger partial charge is 0.434 e. The zero-order valence-electron chi connectivity index (χ0n) is 24.9. The molecule has 230 valence electrons. The van der Waals surface area contributed by atoms with Crippen molar-refractivity contribution in [2.24, 2.45) is 0 Å². The zero-order chi connectivity index (χ0) is 31.8. The van der Waals surface area contributed by atoms with Crippen molar-refractivity contribution in [3.63, 3.8) is 0 Å². The predicted molar refractivity (Wildman–Crippen MR) is 154 cm³/mol. The molecular weight excluding hydrogens is 579 g/mol. The number of aromatic nitrogens is 8. The van der Waals surface area contributed by atoms with Crippen molar-refractivity contribution >= 4 is 17.6 Å². The number of methoxy groups -OCH3 is 1. The van der Waals surface area contributed by atoms with Gasteiger partial charge in [0.25, 0.3) is 0 Å². The van der Waals surface area contributed by atoms with Crippen molar-refractivity contribution in [1.82, 2.24) is 39.1 Å². The molecule has 0 aliphatic rings. The third-order valence-corrected chi connectivity index (χ3v) is 6.35. The molecule has 5 aromatic rings. The van der Waals surface area contributed by atoms with Crippen LogP contribution in [0.4, 0.5) is 23.8 Å². The fraction of sp³-hybridized carbons (Fsp3) is 0.345. The largest absolute Gasteiger partial charge is 0.480 e. The summed E-state index contributed by atoms with van der Waals surface area (Å²) < 4.78 is 54.3. The van der Waals surface area contributed by atoms with Gasteiger partial charge in [0.05, 0.1) is 13.7 Å². The molecule has 0 bridgehead atoms. The van der Waals surface area contributed by atoms with E-state index in [0.29, 0.717) is 16.7 Å². The van der Waals surface area contributed by atoms with E-state index < -0.39 is 23.6 Å². The van der Waals surface area contributed by atoms with Gasteiger partial charge in [0, 0.05) is 36.4 Å². The highest BCUT2D eigenvalue weighted by Gasteiger charge is 2.35. The first-order valence-electron chi connectivity index (χ1n) is 13.6. The minimum Gasteiger partial charge on any atom is -0.480 e. The van der Waals surface area contributed by atoms with Gasteiger partial charge in [0.2, 0.25) is 5.88 Å². The van der Waals surface area contributed by atoms with Crippen LogP contribution in [0.5, 0.6) is 5.88 Å². The number of amides is 1. The molecule has 0 saturated carbocycles. The number of hydrogen-bond acceptors (Lipinski definition) is 9. The fourth-order valence-corrected chi connectivity index (χ4v) is 4.36. The molecule has 4 heterocycles. The normalized spacial score (nSPS) is 12.1. The molecule has 1 amide bonds. The van der Waals surface area contributed by atoms with E-state index in [9.17, 15) is 18.0 Å². The number of ether oxygens (including phenoxy) is 2. The molecule has 5 rings (SSSR count). The van der Waals surface area contributed by atoms with E-state index in [1.807, 2.05) is 0 Å². The highest BCUT2D eigenvalue weighted by atomic mass is 19.4. The maximum Gasteiger partial charge on any atom is 0.434 e. The monoisotopic (exact) mass is 609 g/mol. The third-order valence-electron chi connectivity index (χ3n) is 6.35. The van der Waals surface area contributed by atoms with E-state index in [0.717, 1.165) is 6.20 Å². The van der Waals surface area contributed by atoms with Crippen molar-refractivity contribution in [3.8, 4) is 28.7 Å². The van der Waals surface area contributed by atoms with Gasteiger partial charge in [-0.25, -0.2) is 34.2 Å². The van der Waals surface area contributed by atoms with E-state index in [4.69, 9.17) is 9.47 Å². The van der Waals surface area contributed by atoms with Crippen molar-refractivity contribution in [2.75, 3.05) is 12.0 Å². The number of nitrogens with zero attached hydrogens (tertiary/aromatic N) is 9. The van der Waals surface area contributed by atoms with Crippen LogP contribution in [0.3, 0.4) is 0 Å². The van der Waals surface area contributed by atoms with Gasteiger partial charge in [-0.3, -0.25) is 4.90 Å². The topological polar surface area (TPSA) is 125 Å². The fourth-order valence-electron chi connectivity index (χ4n) is 4.36. The number of benzene rings is 1. The number of halogens is 3. The molecule has 44 heavy (non-hydrogen) atoms.